The lowest BCUT2D eigenvalue weighted by Crippen LogP contribution is -2.28. The molecule has 0 bridgehead atoms. The van der Waals surface area contributed by atoms with Crippen molar-refractivity contribution in [1.82, 2.24) is 15.0 Å². The number of amides is 2. The van der Waals surface area contributed by atoms with Crippen molar-refractivity contribution < 1.29 is 14.1 Å². The average Bonchev–Trinajstić information content (AvgIpc) is 3.02. The third-order valence-corrected chi connectivity index (χ3v) is 3.82. The van der Waals surface area contributed by atoms with Crippen molar-refractivity contribution in [1.29, 1.82) is 0 Å². The van der Waals surface area contributed by atoms with Crippen LogP contribution in [0.2, 0.25) is 5.02 Å². The summed E-state index contributed by atoms with van der Waals surface area (Å²) in [4.78, 5) is 28.2. The van der Waals surface area contributed by atoms with Crippen molar-refractivity contribution in [2.75, 3.05) is 5.75 Å². The van der Waals surface area contributed by atoms with Gasteiger partial charge in [-0.1, -0.05) is 28.5 Å². The minimum Gasteiger partial charge on any atom is -0.337 e. The number of aromatic nitrogens is 2. The Morgan fingerprint density at radius 1 is 1.30 bits per heavy atom. The first-order valence-electron chi connectivity index (χ1n) is 5.69. The minimum atomic E-state index is -0.291. The molecule has 0 N–H and O–H groups in total. The first-order valence-corrected chi connectivity index (χ1v) is 7.05. The average molecular weight is 310 g/mol. The molecule has 1 aliphatic heterocycles. The Balaban J connectivity index is 1.78. The number of carbonyl (C=O) groups is 2. The Kier molecular flexibility index (Phi) is 3.45. The second-order valence-electron chi connectivity index (χ2n) is 4.05. The molecule has 1 aromatic heterocycles. The molecule has 2 amide bonds. The summed E-state index contributed by atoms with van der Waals surface area (Å²) in [5.74, 6) is 0.533. The van der Waals surface area contributed by atoms with Gasteiger partial charge < -0.3 is 4.52 Å². The van der Waals surface area contributed by atoms with Crippen molar-refractivity contribution in [3.05, 3.63) is 35.2 Å². The fourth-order valence-electron chi connectivity index (χ4n) is 1.70. The number of halogens is 1. The van der Waals surface area contributed by atoms with Gasteiger partial charge in [0.05, 0.1) is 5.75 Å². The van der Waals surface area contributed by atoms with Crippen LogP contribution in [0.15, 0.2) is 28.8 Å². The Hall–Kier alpha value is -1.86. The molecule has 6 nitrogen and oxygen atoms in total. The van der Waals surface area contributed by atoms with Gasteiger partial charge in [-0.25, -0.2) is 0 Å². The van der Waals surface area contributed by atoms with Crippen molar-refractivity contribution in [3.63, 3.8) is 0 Å². The Morgan fingerprint density at radius 3 is 2.70 bits per heavy atom. The summed E-state index contributed by atoms with van der Waals surface area (Å²) in [6.45, 7) is 0.00521. The molecular formula is C12H8ClN3O3S. The van der Waals surface area contributed by atoms with Crippen LogP contribution in [-0.2, 0) is 11.3 Å². The van der Waals surface area contributed by atoms with Gasteiger partial charge in [0.2, 0.25) is 17.6 Å². The fraction of sp³-hybridized carbons (Fsp3) is 0.167. The molecule has 0 unspecified atom stereocenters. The second kappa shape index (κ2) is 5.26. The third-order valence-electron chi connectivity index (χ3n) is 2.70. The van der Waals surface area contributed by atoms with Gasteiger partial charge in [-0.3, -0.25) is 14.5 Å². The Morgan fingerprint density at radius 2 is 2.05 bits per heavy atom. The van der Waals surface area contributed by atoms with E-state index in [1.165, 1.54) is 0 Å². The highest BCUT2D eigenvalue weighted by Gasteiger charge is 2.31. The number of carbonyl (C=O) groups excluding carboxylic acids is 2. The van der Waals surface area contributed by atoms with Crippen LogP contribution in [0.3, 0.4) is 0 Å². The molecule has 2 heterocycles. The highest BCUT2D eigenvalue weighted by Crippen LogP contribution is 2.22. The fourth-order valence-corrected chi connectivity index (χ4v) is 2.56. The van der Waals surface area contributed by atoms with Gasteiger partial charge in [0.25, 0.3) is 5.24 Å². The van der Waals surface area contributed by atoms with Gasteiger partial charge in [-0.05, 0) is 24.3 Å². The molecule has 0 radical (unpaired) electrons. The van der Waals surface area contributed by atoms with Crippen LogP contribution in [0, 0.1) is 0 Å². The SMILES string of the molecule is O=C1CSC(=O)N1Cc1nc(-c2ccc(Cl)cc2)no1. The molecule has 3 rings (SSSR count). The zero-order chi connectivity index (χ0) is 14.1. The van der Waals surface area contributed by atoms with E-state index in [0.29, 0.717) is 10.8 Å². The largest absolute Gasteiger partial charge is 0.337 e. The standard InChI is InChI=1S/C12H8ClN3O3S/c13-8-3-1-7(2-4-8)11-14-9(19-15-11)5-16-10(17)6-20-12(16)18/h1-4H,5-6H2. The van der Waals surface area contributed by atoms with Gasteiger partial charge in [-0.15, -0.1) is 0 Å². The molecule has 2 aromatic rings. The van der Waals surface area contributed by atoms with E-state index in [4.69, 9.17) is 16.1 Å². The quantitative estimate of drug-likeness (QED) is 0.867. The number of benzene rings is 1. The van der Waals surface area contributed by atoms with E-state index in [0.717, 1.165) is 22.2 Å². The van der Waals surface area contributed by atoms with E-state index in [-0.39, 0.29) is 29.3 Å². The molecule has 1 fully saturated rings. The van der Waals surface area contributed by atoms with E-state index in [1.807, 2.05) is 0 Å². The second-order valence-corrected chi connectivity index (χ2v) is 5.42. The summed E-state index contributed by atoms with van der Waals surface area (Å²) in [5, 5.41) is 4.15. The van der Waals surface area contributed by atoms with Crippen molar-refractivity contribution in [2.24, 2.45) is 0 Å². The highest BCUT2D eigenvalue weighted by atomic mass is 35.5. The number of rotatable bonds is 3. The van der Waals surface area contributed by atoms with E-state index in [2.05, 4.69) is 10.1 Å². The molecule has 0 spiro atoms. The van der Waals surface area contributed by atoms with Gasteiger partial charge in [0.1, 0.15) is 6.54 Å². The van der Waals surface area contributed by atoms with Gasteiger partial charge in [-0.2, -0.15) is 4.98 Å². The first kappa shape index (κ1) is 13.1. The lowest BCUT2D eigenvalue weighted by atomic mass is 10.2. The molecule has 8 heteroatoms. The molecule has 1 saturated heterocycles. The number of hydrogen-bond donors (Lipinski definition) is 0. The predicted molar refractivity (Wildman–Crippen MR) is 73.1 cm³/mol. The number of nitrogens with zero attached hydrogens (tertiary/aromatic N) is 3. The summed E-state index contributed by atoms with van der Waals surface area (Å²) >= 11 is 6.77. The first-order chi connectivity index (χ1) is 9.63. The van der Waals surface area contributed by atoms with Crippen LogP contribution in [0.1, 0.15) is 5.89 Å². The van der Waals surface area contributed by atoms with Gasteiger partial charge >= 0.3 is 0 Å². The molecule has 0 atom stereocenters. The molecular weight excluding hydrogens is 302 g/mol. The summed E-state index contributed by atoms with van der Waals surface area (Å²) in [7, 11) is 0. The molecule has 102 valence electrons. The Bertz CT molecular complexity index is 655. The molecule has 1 aromatic carbocycles. The van der Waals surface area contributed by atoms with Crippen LogP contribution >= 0.6 is 23.4 Å². The maximum atomic E-state index is 11.5. The zero-order valence-electron chi connectivity index (χ0n) is 10.1. The topological polar surface area (TPSA) is 76.3 Å². The van der Waals surface area contributed by atoms with E-state index >= 15 is 0 Å². The maximum absolute atomic E-state index is 11.5. The lowest BCUT2D eigenvalue weighted by Gasteiger charge is -2.08. The van der Waals surface area contributed by atoms with Gasteiger partial charge in [0.15, 0.2) is 0 Å². The van der Waals surface area contributed by atoms with E-state index in [9.17, 15) is 9.59 Å². The number of hydrogen-bond acceptors (Lipinski definition) is 6. The monoisotopic (exact) mass is 309 g/mol. The van der Waals surface area contributed by atoms with Crippen molar-refractivity contribution in [2.45, 2.75) is 6.54 Å². The van der Waals surface area contributed by atoms with Gasteiger partial charge in [0, 0.05) is 10.6 Å². The van der Waals surface area contributed by atoms with Crippen molar-refractivity contribution in [3.8, 4) is 11.4 Å². The highest BCUT2D eigenvalue weighted by molar-refractivity contribution is 8.14. The Labute approximate surface area is 123 Å². The molecule has 1 aliphatic rings. The van der Waals surface area contributed by atoms with Crippen molar-refractivity contribution >= 4 is 34.5 Å². The maximum Gasteiger partial charge on any atom is 0.289 e. The van der Waals surface area contributed by atoms with Crippen LogP contribution < -0.4 is 0 Å². The van der Waals surface area contributed by atoms with E-state index in [1.54, 1.807) is 24.3 Å². The van der Waals surface area contributed by atoms with Crippen LogP contribution in [0.25, 0.3) is 11.4 Å². The summed E-state index contributed by atoms with van der Waals surface area (Å²) in [5.41, 5.74) is 0.748. The smallest absolute Gasteiger partial charge is 0.289 e. The number of thioether (sulfide) groups is 1. The normalized spacial score (nSPS) is 15.2. The third kappa shape index (κ3) is 2.54. The summed E-state index contributed by atoms with van der Waals surface area (Å²) in [6, 6.07) is 6.96. The molecule has 20 heavy (non-hydrogen) atoms. The predicted octanol–water partition coefficient (Wildman–Crippen LogP) is 2.59. The minimum absolute atomic E-state index is 0.00521. The van der Waals surface area contributed by atoms with E-state index < -0.39 is 0 Å². The molecule has 0 aliphatic carbocycles. The summed E-state index contributed by atoms with van der Waals surface area (Å²) in [6.07, 6.45) is 0. The zero-order valence-corrected chi connectivity index (χ0v) is 11.6. The molecule has 0 saturated carbocycles. The summed E-state index contributed by atoms with van der Waals surface area (Å²) < 4.78 is 5.06. The van der Waals surface area contributed by atoms with Crippen LogP contribution in [-0.4, -0.2) is 31.9 Å². The van der Waals surface area contributed by atoms with Crippen LogP contribution in [0.4, 0.5) is 4.79 Å². The lowest BCUT2D eigenvalue weighted by molar-refractivity contribution is -0.125. The van der Waals surface area contributed by atoms with Crippen LogP contribution in [0.5, 0.6) is 0 Å². The number of imide groups is 1.